The summed E-state index contributed by atoms with van der Waals surface area (Å²) in [5.74, 6) is -0.653. The van der Waals surface area contributed by atoms with Crippen LogP contribution in [0.3, 0.4) is 0 Å². The normalized spacial score (nSPS) is 11.3. The maximum atomic E-state index is 12.2. The summed E-state index contributed by atoms with van der Waals surface area (Å²) in [7, 11) is 0. The predicted octanol–water partition coefficient (Wildman–Crippen LogP) is 1.89. The van der Waals surface area contributed by atoms with E-state index >= 15 is 0 Å². The van der Waals surface area contributed by atoms with Crippen molar-refractivity contribution in [1.82, 2.24) is 19.5 Å². The summed E-state index contributed by atoms with van der Waals surface area (Å²) in [5.41, 5.74) is 2.32. The van der Waals surface area contributed by atoms with Crippen molar-refractivity contribution in [2.75, 3.05) is 0 Å². The van der Waals surface area contributed by atoms with Crippen LogP contribution in [0.2, 0.25) is 0 Å². The van der Waals surface area contributed by atoms with Crippen LogP contribution in [0.1, 0.15) is 10.4 Å². The summed E-state index contributed by atoms with van der Waals surface area (Å²) in [5, 5.41) is 9.02. The molecule has 2 aromatic carbocycles. The number of nitrogens with zero attached hydrogens (tertiary/aromatic N) is 2. The van der Waals surface area contributed by atoms with Crippen LogP contribution in [0.4, 0.5) is 0 Å². The van der Waals surface area contributed by atoms with Gasteiger partial charge in [-0.15, -0.1) is 0 Å². The standard InChI is InChI=1S/C15H10N4O3/c20-13(21)8-5-6-12-11(7-8)18-15(22)19(12)14-16-9-3-1-2-4-10(9)17-14/h1-7H,(H,16,17)(H,18,22)(H,20,21). The van der Waals surface area contributed by atoms with Gasteiger partial charge in [0.05, 0.1) is 27.6 Å². The van der Waals surface area contributed by atoms with Crippen LogP contribution >= 0.6 is 0 Å². The second-order valence-electron chi connectivity index (χ2n) is 4.88. The molecule has 108 valence electrons. The number of carboxylic acid groups (broad SMARTS) is 1. The number of hydrogen-bond acceptors (Lipinski definition) is 3. The average molecular weight is 294 g/mol. The van der Waals surface area contributed by atoms with Crippen molar-refractivity contribution in [3.05, 3.63) is 58.5 Å². The molecular weight excluding hydrogens is 284 g/mol. The number of nitrogens with one attached hydrogen (secondary N) is 2. The van der Waals surface area contributed by atoms with Gasteiger partial charge in [0.2, 0.25) is 5.95 Å². The third kappa shape index (κ3) is 1.72. The fourth-order valence-electron chi connectivity index (χ4n) is 2.50. The van der Waals surface area contributed by atoms with Crippen molar-refractivity contribution in [3.8, 4) is 5.95 Å². The molecule has 2 aromatic heterocycles. The third-order valence-electron chi connectivity index (χ3n) is 3.52. The topological polar surface area (TPSA) is 104 Å². The van der Waals surface area contributed by atoms with Crippen LogP contribution in [-0.4, -0.2) is 30.6 Å². The number of imidazole rings is 2. The van der Waals surface area contributed by atoms with Crippen LogP contribution in [0.25, 0.3) is 28.0 Å². The van der Waals surface area contributed by atoms with Crippen LogP contribution in [0.15, 0.2) is 47.3 Å². The van der Waals surface area contributed by atoms with Gasteiger partial charge in [0.1, 0.15) is 0 Å². The number of para-hydroxylation sites is 2. The maximum absolute atomic E-state index is 12.2. The molecule has 3 N–H and O–H groups in total. The van der Waals surface area contributed by atoms with Gasteiger partial charge in [-0.3, -0.25) is 0 Å². The zero-order chi connectivity index (χ0) is 15.3. The number of fused-ring (bicyclic) bond motifs is 2. The molecule has 0 saturated heterocycles. The Morgan fingerprint density at radius 3 is 2.68 bits per heavy atom. The number of carbonyl (C=O) groups is 1. The molecule has 0 saturated carbocycles. The number of aromatic carboxylic acids is 1. The molecule has 7 nitrogen and oxygen atoms in total. The first-order valence-corrected chi connectivity index (χ1v) is 6.57. The highest BCUT2D eigenvalue weighted by Crippen LogP contribution is 2.18. The molecule has 0 amide bonds. The summed E-state index contributed by atoms with van der Waals surface area (Å²) < 4.78 is 1.39. The molecule has 0 atom stereocenters. The summed E-state index contributed by atoms with van der Waals surface area (Å²) >= 11 is 0. The molecule has 0 aliphatic rings. The van der Waals surface area contributed by atoms with Crippen LogP contribution in [-0.2, 0) is 0 Å². The number of rotatable bonds is 2. The summed E-state index contributed by atoms with van der Waals surface area (Å²) in [4.78, 5) is 33.3. The molecule has 22 heavy (non-hydrogen) atoms. The van der Waals surface area contributed by atoms with Crippen molar-refractivity contribution in [1.29, 1.82) is 0 Å². The Bertz CT molecular complexity index is 1050. The molecule has 0 bridgehead atoms. The number of aromatic nitrogens is 4. The van der Waals surface area contributed by atoms with Crippen LogP contribution < -0.4 is 5.69 Å². The lowest BCUT2D eigenvalue weighted by atomic mass is 10.2. The first-order valence-electron chi connectivity index (χ1n) is 6.57. The Hall–Kier alpha value is -3.35. The first-order chi connectivity index (χ1) is 10.6. The Morgan fingerprint density at radius 1 is 1.09 bits per heavy atom. The lowest BCUT2D eigenvalue weighted by molar-refractivity contribution is 0.0697. The fourth-order valence-corrected chi connectivity index (χ4v) is 2.50. The Labute approximate surface area is 122 Å². The largest absolute Gasteiger partial charge is 0.478 e. The van der Waals surface area contributed by atoms with Crippen LogP contribution in [0, 0.1) is 0 Å². The van der Waals surface area contributed by atoms with E-state index in [1.165, 1.54) is 16.7 Å². The Balaban J connectivity index is 2.00. The van der Waals surface area contributed by atoms with Gasteiger partial charge >= 0.3 is 11.7 Å². The van der Waals surface area contributed by atoms with Crippen molar-refractivity contribution in [2.24, 2.45) is 0 Å². The van der Waals surface area contributed by atoms with Gasteiger partial charge in [-0.1, -0.05) is 12.1 Å². The SMILES string of the molecule is O=C(O)c1ccc2c(c1)[nH]c(=O)n2-c1nc2ccccc2[nH]1. The molecule has 0 aliphatic heterocycles. The molecule has 0 aliphatic carbocycles. The quantitative estimate of drug-likeness (QED) is 0.525. The number of H-pyrrole nitrogens is 2. The van der Waals surface area contributed by atoms with Gasteiger partial charge in [0.15, 0.2) is 0 Å². The molecule has 2 heterocycles. The van der Waals surface area contributed by atoms with E-state index in [2.05, 4.69) is 15.0 Å². The summed E-state index contributed by atoms with van der Waals surface area (Å²) in [6.07, 6.45) is 0. The van der Waals surface area contributed by atoms with Gasteiger partial charge in [0.25, 0.3) is 0 Å². The Kier molecular flexibility index (Phi) is 2.43. The maximum Gasteiger partial charge on any atom is 0.335 e. The Morgan fingerprint density at radius 2 is 1.91 bits per heavy atom. The summed E-state index contributed by atoms with van der Waals surface area (Å²) in [6.45, 7) is 0. The van der Waals surface area contributed by atoms with Gasteiger partial charge in [-0.2, -0.15) is 0 Å². The van der Waals surface area contributed by atoms with E-state index in [1.807, 2.05) is 24.3 Å². The minimum absolute atomic E-state index is 0.116. The number of benzene rings is 2. The molecular formula is C15H10N4O3. The highest BCUT2D eigenvalue weighted by atomic mass is 16.4. The zero-order valence-corrected chi connectivity index (χ0v) is 11.2. The van der Waals surface area contributed by atoms with E-state index in [0.717, 1.165) is 11.0 Å². The highest BCUT2D eigenvalue weighted by Gasteiger charge is 2.14. The smallest absolute Gasteiger partial charge is 0.335 e. The van der Waals surface area contributed by atoms with E-state index in [1.54, 1.807) is 6.07 Å². The lowest BCUT2D eigenvalue weighted by Crippen LogP contribution is -2.15. The lowest BCUT2D eigenvalue weighted by Gasteiger charge is -1.99. The minimum atomic E-state index is -1.04. The van der Waals surface area contributed by atoms with E-state index in [9.17, 15) is 9.59 Å². The third-order valence-corrected chi connectivity index (χ3v) is 3.52. The summed E-state index contributed by atoms with van der Waals surface area (Å²) in [6, 6.07) is 11.9. The minimum Gasteiger partial charge on any atom is -0.478 e. The highest BCUT2D eigenvalue weighted by molar-refractivity contribution is 5.92. The second kappa shape index (κ2) is 4.32. The number of aromatic amines is 2. The fraction of sp³-hybridized carbons (Fsp3) is 0. The van der Waals surface area contributed by atoms with E-state index < -0.39 is 5.97 Å². The number of hydrogen-bond donors (Lipinski definition) is 3. The molecule has 7 heteroatoms. The van der Waals surface area contributed by atoms with E-state index in [0.29, 0.717) is 17.0 Å². The average Bonchev–Trinajstić information content (AvgIpc) is 3.05. The molecule has 4 rings (SSSR count). The van der Waals surface area contributed by atoms with E-state index in [-0.39, 0.29) is 11.3 Å². The zero-order valence-electron chi connectivity index (χ0n) is 11.2. The number of carboxylic acids is 1. The van der Waals surface area contributed by atoms with Gasteiger partial charge in [0, 0.05) is 0 Å². The molecule has 0 radical (unpaired) electrons. The van der Waals surface area contributed by atoms with Crippen molar-refractivity contribution < 1.29 is 9.90 Å². The van der Waals surface area contributed by atoms with Crippen molar-refractivity contribution in [3.63, 3.8) is 0 Å². The first kappa shape index (κ1) is 12.4. The van der Waals surface area contributed by atoms with Gasteiger partial charge < -0.3 is 15.1 Å². The molecule has 0 unspecified atom stereocenters. The van der Waals surface area contributed by atoms with E-state index in [4.69, 9.17) is 5.11 Å². The van der Waals surface area contributed by atoms with Crippen molar-refractivity contribution >= 4 is 28.0 Å². The van der Waals surface area contributed by atoms with Crippen LogP contribution in [0.5, 0.6) is 0 Å². The van der Waals surface area contributed by atoms with Gasteiger partial charge in [-0.25, -0.2) is 19.1 Å². The van der Waals surface area contributed by atoms with Crippen molar-refractivity contribution in [2.45, 2.75) is 0 Å². The monoisotopic (exact) mass is 294 g/mol. The second-order valence-corrected chi connectivity index (χ2v) is 4.88. The predicted molar refractivity (Wildman–Crippen MR) is 80.5 cm³/mol. The molecule has 0 spiro atoms. The van der Waals surface area contributed by atoms with Gasteiger partial charge in [-0.05, 0) is 30.3 Å². The molecule has 4 aromatic rings. The molecule has 0 fully saturated rings.